The van der Waals surface area contributed by atoms with Crippen LogP contribution in [0.5, 0.6) is 0 Å². The molecule has 0 saturated carbocycles. The monoisotopic (exact) mass is 442 g/mol. The van der Waals surface area contributed by atoms with Crippen molar-refractivity contribution in [3.05, 3.63) is 58.1 Å². The molecular weight excluding hydrogens is 408 g/mol. The summed E-state index contributed by atoms with van der Waals surface area (Å²) >= 11 is 4.45. The fraction of sp³-hybridized carbons (Fsp3) is 0.375. The summed E-state index contributed by atoms with van der Waals surface area (Å²) in [5.74, 6) is 1.37. The largest absolute Gasteiger partial charge is 0.500 e. The van der Waals surface area contributed by atoms with Gasteiger partial charge in [0.25, 0.3) is 5.56 Å². The average molecular weight is 443 g/mol. The minimum atomic E-state index is -0.243. The second-order valence-corrected chi connectivity index (χ2v) is 6.45. The van der Waals surface area contributed by atoms with Crippen molar-refractivity contribution in [1.82, 2.24) is 14.6 Å². The molecule has 0 atom stereocenters. The van der Waals surface area contributed by atoms with Crippen LogP contribution in [0.2, 0.25) is 0 Å². The van der Waals surface area contributed by atoms with Gasteiger partial charge in [0, 0.05) is 10.8 Å². The normalized spacial score (nSPS) is 11.4. The predicted molar refractivity (Wildman–Crippen MR) is 135 cm³/mol. The van der Waals surface area contributed by atoms with Crippen LogP contribution in [0.1, 0.15) is 54.0 Å². The van der Waals surface area contributed by atoms with E-state index in [1.54, 1.807) is 7.11 Å². The maximum absolute atomic E-state index is 13.1. The molecule has 7 heteroatoms. The third kappa shape index (κ3) is 5.67. The van der Waals surface area contributed by atoms with Gasteiger partial charge in [0.05, 0.1) is 19.2 Å². The molecule has 0 aliphatic carbocycles. The Hall–Kier alpha value is -2.80. The Morgan fingerprint density at radius 2 is 1.74 bits per heavy atom. The molecule has 0 bridgehead atoms. The molecule has 2 aromatic heterocycles. The van der Waals surface area contributed by atoms with Crippen LogP contribution in [-0.2, 0) is 4.74 Å². The molecule has 2 heterocycles. The molecule has 0 aliphatic heterocycles. The summed E-state index contributed by atoms with van der Waals surface area (Å²) in [6.45, 7) is 14.1. The number of ether oxygens (including phenoxy) is 1. The zero-order chi connectivity index (χ0) is 23.6. The van der Waals surface area contributed by atoms with E-state index < -0.39 is 0 Å². The summed E-state index contributed by atoms with van der Waals surface area (Å²) in [6.07, 6.45) is 3.74. The summed E-state index contributed by atoms with van der Waals surface area (Å²) < 4.78 is 6.64. The molecule has 1 N–H and O–H groups in total. The third-order valence-corrected chi connectivity index (χ3v) is 4.83. The molecule has 0 amide bonds. The maximum Gasteiger partial charge on any atom is 0.283 e. The molecule has 6 nitrogen and oxygen atoms in total. The van der Waals surface area contributed by atoms with Crippen LogP contribution >= 0.6 is 12.6 Å². The summed E-state index contributed by atoms with van der Waals surface area (Å²) in [5.41, 5.74) is 1.51. The number of anilines is 1. The molecule has 3 rings (SSSR count). The van der Waals surface area contributed by atoms with E-state index in [1.807, 2.05) is 84.9 Å². The van der Waals surface area contributed by atoms with Crippen molar-refractivity contribution in [3.63, 3.8) is 0 Å². The second-order valence-electron chi connectivity index (χ2n) is 6.03. The van der Waals surface area contributed by atoms with Crippen LogP contribution < -0.4 is 10.9 Å². The standard InChI is InChI=1S/C20H22N4O2S.2C2H6/c1-5-12(3)16-19(27)22-18-15-10-8-7-9-14(15)17(23-24(18)20(16)25)21-11-13(6-2)26-4;2*1-2/h5-10,27H,11H2,1-4H3,(H,21,23);2*1-2H3/b12-5+,13-6-;;. The first-order chi connectivity index (χ1) is 15.0. The number of aromatic nitrogens is 3. The Morgan fingerprint density at radius 3 is 2.29 bits per heavy atom. The molecule has 0 unspecified atom stereocenters. The van der Waals surface area contributed by atoms with Crippen LogP contribution in [-0.4, -0.2) is 28.3 Å². The smallest absolute Gasteiger partial charge is 0.283 e. The fourth-order valence-electron chi connectivity index (χ4n) is 2.89. The molecule has 0 fully saturated rings. The molecule has 168 valence electrons. The van der Waals surface area contributed by atoms with Crippen LogP contribution in [0.25, 0.3) is 22.0 Å². The van der Waals surface area contributed by atoms with Gasteiger partial charge in [-0.1, -0.05) is 58.0 Å². The first-order valence-corrected chi connectivity index (χ1v) is 11.1. The Bertz CT molecular complexity index is 1130. The van der Waals surface area contributed by atoms with E-state index >= 15 is 0 Å². The number of thiol groups is 1. The summed E-state index contributed by atoms with van der Waals surface area (Å²) in [6, 6.07) is 7.71. The molecular formula is C24H34N4O2S. The van der Waals surface area contributed by atoms with E-state index in [1.165, 1.54) is 4.52 Å². The van der Waals surface area contributed by atoms with Gasteiger partial charge >= 0.3 is 0 Å². The average Bonchev–Trinajstić information content (AvgIpc) is 2.82. The van der Waals surface area contributed by atoms with Gasteiger partial charge in [-0.2, -0.15) is 4.52 Å². The Balaban J connectivity index is 0.00000113. The van der Waals surface area contributed by atoms with Gasteiger partial charge in [-0.3, -0.25) is 4.79 Å². The van der Waals surface area contributed by atoms with E-state index in [-0.39, 0.29) is 5.56 Å². The predicted octanol–water partition coefficient (Wildman–Crippen LogP) is 5.97. The molecule has 1 aromatic carbocycles. The zero-order valence-electron chi connectivity index (χ0n) is 19.8. The van der Waals surface area contributed by atoms with Crippen molar-refractivity contribution in [3.8, 4) is 0 Å². The van der Waals surface area contributed by atoms with Gasteiger partial charge in [-0.15, -0.1) is 17.7 Å². The number of methoxy groups -OCH3 is 1. The van der Waals surface area contributed by atoms with Gasteiger partial charge in [0.1, 0.15) is 10.8 Å². The van der Waals surface area contributed by atoms with Gasteiger partial charge in [-0.25, -0.2) is 4.98 Å². The van der Waals surface area contributed by atoms with Crippen molar-refractivity contribution >= 4 is 40.4 Å². The van der Waals surface area contributed by atoms with Gasteiger partial charge in [0.15, 0.2) is 11.5 Å². The molecule has 0 saturated heterocycles. The molecule has 3 aromatic rings. The third-order valence-electron chi connectivity index (χ3n) is 4.51. The lowest BCUT2D eigenvalue weighted by Gasteiger charge is -2.14. The van der Waals surface area contributed by atoms with Crippen LogP contribution in [0.4, 0.5) is 5.82 Å². The lowest BCUT2D eigenvalue weighted by atomic mass is 10.1. The number of hydrogen-bond donors (Lipinski definition) is 2. The highest BCUT2D eigenvalue weighted by molar-refractivity contribution is 7.80. The molecule has 0 radical (unpaired) electrons. The van der Waals surface area contributed by atoms with E-state index in [0.29, 0.717) is 28.6 Å². The summed E-state index contributed by atoms with van der Waals surface area (Å²) in [7, 11) is 1.62. The molecule has 0 spiro atoms. The van der Waals surface area contributed by atoms with Gasteiger partial charge in [-0.05, 0) is 32.4 Å². The molecule has 0 aliphatic rings. The highest BCUT2D eigenvalue weighted by atomic mass is 32.1. The SMILES string of the molecule is C/C=C(/CNc1nn2c(=O)c(/C(C)=C/C)c(S)nc2c2ccccc12)OC.CC.CC. The number of fused-ring (bicyclic) bond motifs is 3. The van der Waals surface area contributed by atoms with Gasteiger partial charge < -0.3 is 10.1 Å². The highest BCUT2D eigenvalue weighted by Crippen LogP contribution is 2.26. The van der Waals surface area contributed by atoms with Gasteiger partial charge in [0.2, 0.25) is 0 Å². The van der Waals surface area contributed by atoms with Crippen molar-refractivity contribution in [2.24, 2.45) is 0 Å². The van der Waals surface area contributed by atoms with Crippen molar-refractivity contribution < 1.29 is 4.74 Å². The van der Waals surface area contributed by atoms with E-state index in [4.69, 9.17) is 4.74 Å². The number of hydrogen-bond acceptors (Lipinski definition) is 6. The van der Waals surface area contributed by atoms with Crippen LogP contribution in [0.3, 0.4) is 0 Å². The zero-order valence-corrected chi connectivity index (χ0v) is 20.7. The maximum atomic E-state index is 13.1. The number of allylic oxidation sites excluding steroid dienone is 3. The Morgan fingerprint density at radius 1 is 1.13 bits per heavy atom. The van der Waals surface area contributed by atoms with Crippen LogP contribution in [0, 0.1) is 0 Å². The minimum absolute atomic E-state index is 0.243. The lowest BCUT2D eigenvalue weighted by Crippen LogP contribution is -2.23. The minimum Gasteiger partial charge on any atom is -0.500 e. The number of benzene rings is 1. The highest BCUT2D eigenvalue weighted by Gasteiger charge is 2.16. The molecule has 31 heavy (non-hydrogen) atoms. The second kappa shape index (κ2) is 12.8. The number of rotatable bonds is 5. The first kappa shape index (κ1) is 26.2. The van der Waals surface area contributed by atoms with E-state index in [0.717, 1.165) is 22.1 Å². The summed E-state index contributed by atoms with van der Waals surface area (Å²) in [5, 5.41) is 9.91. The van der Waals surface area contributed by atoms with E-state index in [9.17, 15) is 4.79 Å². The number of nitrogens with one attached hydrogen (secondary N) is 1. The van der Waals surface area contributed by atoms with Crippen molar-refractivity contribution in [2.45, 2.75) is 53.5 Å². The number of nitrogens with zero attached hydrogens (tertiary/aromatic N) is 3. The first-order valence-electron chi connectivity index (χ1n) is 10.6. The quantitative estimate of drug-likeness (QED) is 0.220. The van der Waals surface area contributed by atoms with Crippen molar-refractivity contribution in [1.29, 1.82) is 0 Å². The lowest BCUT2D eigenvalue weighted by molar-refractivity contribution is 0.289. The van der Waals surface area contributed by atoms with Crippen LogP contribution in [0.15, 0.2) is 52.0 Å². The Kier molecular flexibility index (Phi) is 10.8. The van der Waals surface area contributed by atoms with Crippen molar-refractivity contribution in [2.75, 3.05) is 19.0 Å². The topological polar surface area (TPSA) is 68.5 Å². The van der Waals surface area contributed by atoms with E-state index in [2.05, 4.69) is 28.0 Å². The Labute approximate surface area is 190 Å². The summed E-state index contributed by atoms with van der Waals surface area (Å²) in [4.78, 5) is 17.7. The fourth-order valence-corrected chi connectivity index (χ4v) is 3.26.